The Morgan fingerprint density at radius 1 is 1.15 bits per heavy atom. The summed E-state index contributed by atoms with van der Waals surface area (Å²) in [5.41, 5.74) is 7.80. The van der Waals surface area contributed by atoms with Gasteiger partial charge < -0.3 is 16.0 Å². The summed E-state index contributed by atoms with van der Waals surface area (Å²) < 4.78 is 0. The first-order valence-corrected chi connectivity index (χ1v) is 8.62. The number of nitro benzene ring substituents is 1. The quantitative estimate of drug-likeness (QED) is 0.583. The topological polar surface area (TPSA) is 102 Å². The van der Waals surface area contributed by atoms with Crippen molar-refractivity contribution in [3.8, 4) is 0 Å². The van der Waals surface area contributed by atoms with E-state index in [4.69, 9.17) is 5.73 Å². The molecule has 1 fully saturated rings. The number of hydrogen-bond acceptors (Lipinski definition) is 5. The van der Waals surface area contributed by atoms with Gasteiger partial charge in [-0.3, -0.25) is 14.9 Å². The van der Waals surface area contributed by atoms with E-state index in [0.29, 0.717) is 25.3 Å². The van der Waals surface area contributed by atoms with Gasteiger partial charge in [-0.2, -0.15) is 0 Å². The molecule has 7 nitrogen and oxygen atoms in total. The number of nitrogens with one attached hydrogen (secondary N) is 1. The fourth-order valence-electron chi connectivity index (χ4n) is 3.33. The number of rotatable bonds is 6. The molecule has 0 unspecified atom stereocenters. The third kappa shape index (κ3) is 4.96. The van der Waals surface area contributed by atoms with Gasteiger partial charge in [-0.1, -0.05) is 42.5 Å². The number of carbonyl (C=O) groups excluding carboxylic acids is 1. The second kappa shape index (κ2) is 9.34. The summed E-state index contributed by atoms with van der Waals surface area (Å²) in [6.45, 7) is 1.48. The van der Waals surface area contributed by atoms with Gasteiger partial charge >= 0.3 is 0 Å². The number of carbonyl (C=O) groups is 1. The number of nitrogens with zero attached hydrogens (tertiary/aromatic N) is 2. The van der Waals surface area contributed by atoms with Gasteiger partial charge in [-0.25, -0.2) is 0 Å². The van der Waals surface area contributed by atoms with Crippen LogP contribution < -0.4 is 11.1 Å². The third-order valence-corrected chi connectivity index (χ3v) is 4.70. The van der Waals surface area contributed by atoms with E-state index in [9.17, 15) is 14.9 Å². The zero-order valence-electron chi connectivity index (χ0n) is 14.8. The van der Waals surface area contributed by atoms with E-state index in [2.05, 4.69) is 5.32 Å². The molecule has 2 aromatic rings. The summed E-state index contributed by atoms with van der Waals surface area (Å²) >= 11 is 0. The Morgan fingerprint density at radius 2 is 1.81 bits per heavy atom. The molecule has 0 bridgehead atoms. The lowest BCUT2D eigenvalue weighted by Crippen LogP contribution is -2.33. The average molecular weight is 391 g/mol. The largest absolute Gasteiger partial charge is 0.379 e. The van der Waals surface area contributed by atoms with Gasteiger partial charge in [-0.05, 0) is 11.6 Å². The van der Waals surface area contributed by atoms with E-state index in [0.717, 1.165) is 5.56 Å². The van der Waals surface area contributed by atoms with E-state index < -0.39 is 4.92 Å². The highest BCUT2D eigenvalue weighted by Crippen LogP contribution is 2.27. The van der Waals surface area contributed by atoms with Crippen molar-refractivity contribution in [2.75, 3.05) is 25.0 Å². The lowest BCUT2D eigenvalue weighted by molar-refractivity contribution is -0.384. The van der Waals surface area contributed by atoms with E-state index in [1.807, 2.05) is 30.3 Å². The Bertz CT molecular complexity index is 788. The van der Waals surface area contributed by atoms with Crippen molar-refractivity contribution in [3.63, 3.8) is 0 Å². The lowest BCUT2D eigenvalue weighted by Gasteiger charge is -2.17. The summed E-state index contributed by atoms with van der Waals surface area (Å²) in [4.78, 5) is 24.8. The normalized spacial score (nSPS) is 18.6. The van der Waals surface area contributed by atoms with Crippen molar-refractivity contribution in [1.82, 2.24) is 4.90 Å². The highest BCUT2D eigenvalue weighted by Gasteiger charge is 2.33. The summed E-state index contributed by atoms with van der Waals surface area (Å²) in [6, 6.07) is 16.3. The van der Waals surface area contributed by atoms with Crippen LogP contribution >= 0.6 is 12.4 Å². The number of benzene rings is 2. The molecule has 1 heterocycles. The molecule has 27 heavy (non-hydrogen) atoms. The van der Waals surface area contributed by atoms with E-state index >= 15 is 0 Å². The highest BCUT2D eigenvalue weighted by atomic mass is 35.5. The molecule has 1 aliphatic heterocycles. The van der Waals surface area contributed by atoms with Gasteiger partial charge in [0.15, 0.2) is 0 Å². The molecule has 8 heteroatoms. The van der Waals surface area contributed by atoms with E-state index in [1.54, 1.807) is 23.1 Å². The zero-order chi connectivity index (χ0) is 18.5. The summed E-state index contributed by atoms with van der Waals surface area (Å²) in [6.07, 6.45) is 0.264. The first kappa shape index (κ1) is 20.7. The Balaban J connectivity index is 0.00000261. The van der Waals surface area contributed by atoms with Gasteiger partial charge in [-0.15, -0.1) is 12.4 Å². The maximum Gasteiger partial charge on any atom is 0.292 e. The molecule has 1 saturated heterocycles. The highest BCUT2D eigenvalue weighted by molar-refractivity contribution is 5.85. The lowest BCUT2D eigenvalue weighted by atomic mass is 9.95. The molecule has 3 N–H and O–H groups in total. The monoisotopic (exact) mass is 390 g/mol. The molecule has 0 saturated carbocycles. The van der Waals surface area contributed by atoms with Crippen LogP contribution in [0.3, 0.4) is 0 Å². The van der Waals surface area contributed by atoms with Crippen molar-refractivity contribution in [1.29, 1.82) is 0 Å². The van der Waals surface area contributed by atoms with Gasteiger partial charge in [0.05, 0.1) is 4.92 Å². The predicted octanol–water partition coefficient (Wildman–Crippen LogP) is 2.77. The molecular weight excluding hydrogens is 368 g/mol. The number of halogens is 1. The summed E-state index contributed by atoms with van der Waals surface area (Å²) in [5.74, 6) is 0.147. The number of para-hydroxylation sites is 2. The van der Waals surface area contributed by atoms with Crippen LogP contribution in [0, 0.1) is 10.1 Å². The smallest absolute Gasteiger partial charge is 0.292 e. The minimum Gasteiger partial charge on any atom is -0.379 e. The van der Waals surface area contributed by atoms with Crippen LogP contribution in [0.5, 0.6) is 0 Å². The molecule has 0 radical (unpaired) electrons. The Morgan fingerprint density at radius 3 is 2.52 bits per heavy atom. The van der Waals surface area contributed by atoms with Gasteiger partial charge in [0, 0.05) is 44.1 Å². The van der Waals surface area contributed by atoms with Crippen LogP contribution in [0.1, 0.15) is 17.9 Å². The maximum atomic E-state index is 12.5. The van der Waals surface area contributed by atoms with Gasteiger partial charge in [0.25, 0.3) is 5.69 Å². The first-order valence-electron chi connectivity index (χ1n) is 8.62. The van der Waals surface area contributed by atoms with Crippen LogP contribution in [-0.4, -0.2) is 41.4 Å². The fraction of sp³-hybridized carbons (Fsp3) is 0.316. The molecular formula is C19H23ClN4O3. The van der Waals surface area contributed by atoms with Crippen LogP contribution in [0.15, 0.2) is 54.6 Å². The molecule has 3 rings (SSSR count). The Kier molecular flexibility index (Phi) is 7.15. The fourth-order valence-corrected chi connectivity index (χ4v) is 3.33. The molecule has 0 aromatic heterocycles. The standard InChI is InChI=1S/C19H22N4O3.ClH/c20-16-13-22(12-15(16)14-6-2-1-3-7-14)19(24)10-11-21-17-8-4-5-9-18(17)23(25)26;/h1-9,15-16,21H,10-13,20H2;1H/t15-,16+;/m0./s1. The van der Waals surface area contributed by atoms with E-state index in [-0.39, 0.29) is 42.4 Å². The van der Waals surface area contributed by atoms with Crippen LogP contribution in [0.25, 0.3) is 0 Å². The zero-order valence-corrected chi connectivity index (χ0v) is 15.6. The SMILES string of the molecule is Cl.N[C@@H]1CN(C(=O)CCNc2ccccc2[N+](=O)[O-])C[C@H]1c1ccccc1. The second-order valence-corrected chi connectivity index (χ2v) is 6.43. The molecule has 1 aliphatic rings. The van der Waals surface area contributed by atoms with Crippen LogP contribution in [0.4, 0.5) is 11.4 Å². The molecule has 2 atom stereocenters. The van der Waals surface area contributed by atoms with Crippen molar-refractivity contribution in [2.45, 2.75) is 18.4 Å². The van der Waals surface area contributed by atoms with Crippen molar-refractivity contribution in [3.05, 3.63) is 70.3 Å². The van der Waals surface area contributed by atoms with Crippen LogP contribution in [-0.2, 0) is 4.79 Å². The summed E-state index contributed by atoms with van der Waals surface area (Å²) in [7, 11) is 0. The number of nitro groups is 1. The molecule has 1 amide bonds. The molecule has 0 aliphatic carbocycles. The number of amides is 1. The molecule has 144 valence electrons. The Hall–Kier alpha value is -2.64. The van der Waals surface area contributed by atoms with Crippen molar-refractivity contribution in [2.24, 2.45) is 5.73 Å². The molecule has 2 aromatic carbocycles. The minimum absolute atomic E-state index is 0. The van der Waals surface area contributed by atoms with E-state index in [1.165, 1.54) is 6.07 Å². The van der Waals surface area contributed by atoms with Crippen molar-refractivity contribution < 1.29 is 9.72 Å². The Labute approximate surface area is 164 Å². The number of nitrogens with two attached hydrogens (primary N) is 1. The predicted molar refractivity (Wildman–Crippen MR) is 107 cm³/mol. The van der Waals surface area contributed by atoms with Crippen molar-refractivity contribution >= 4 is 29.7 Å². The average Bonchev–Trinajstić information content (AvgIpc) is 3.04. The second-order valence-electron chi connectivity index (χ2n) is 6.43. The van der Waals surface area contributed by atoms with Gasteiger partial charge in [0.2, 0.25) is 5.91 Å². The number of anilines is 1. The summed E-state index contributed by atoms with van der Waals surface area (Å²) in [5, 5.41) is 14.0. The third-order valence-electron chi connectivity index (χ3n) is 4.70. The number of hydrogen-bond donors (Lipinski definition) is 2. The molecule has 0 spiro atoms. The first-order chi connectivity index (χ1) is 12.6. The van der Waals surface area contributed by atoms with Gasteiger partial charge in [0.1, 0.15) is 5.69 Å². The number of likely N-dealkylation sites (tertiary alicyclic amines) is 1. The maximum absolute atomic E-state index is 12.5. The minimum atomic E-state index is -0.436. The van der Waals surface area contributed by atoms with Crippen LogP contribution in [0.2, 0.25) is 0 Å².